The summed E-state index contributed by atoms with van der Waals surface area (Å²) in [6, 6.07) is 13.9. The van der Waals surface area contributed by atoms with E-state index < -0.39 is 18.5 Å². The molecule has 0 aliphatic heterocycles. The average molecular weight is 412 g/mol. The van der Waals surface area contributed by atoms with E-state index >= 15 is 0 Å². The Morgan fingerprint density at radius 2 is 1.67 bits per heavy atom. The molecule has 160 valence electrons. The number of hydrogen-bond donors (Lipinski definition) is 1. The van der Waals surface area contributed by atoms with Crippen molar-refractivity contribution in [3.63, 3.8) is 0 Å². The van der Waals surface area contributed by atoms with Gasteiger partial charge in [-0.1, -0.05) is 31.0 Å². The molecule has 2 aromatic rings. The number of amides is 2. The van der Waals surface area contributed by atoms with Crippen LogP contribution in [0.15, 0.2) is 48.5 Å². The first-order valence-electron chi connectivity index (χ1n) is 9.89. The molecule has 0 aliphatic carbocycles. The lowest BCUT2D eigenvalue weighted by atomic mass is 10.2. The van der Waals surface area contributed by atoms with Gasteiger partial charge in [-0.05, 0) is 49.7 Å². The fourth-order valence-corrected chi connectivity index (χ4v) is 2.48. The Kier molecular flexibility index (Phi) is 8.87. The summed E-state index contributed by atoms with van der Waals surface area (Å²) in [6.45, 7) is 4.07. The summed E-state index contributed by atoms with van der Waals surface area (Å²) in [6.07, 6.45) is 2.00. The first kappa shape index (κ1) is 22.9. The van der Waals surface area contributed by atoms with Gasteiger partial charge >= 0.3 is 5.97 Å². The van der Waals surface area contributed by atoms with E-state index in [1.54, 1.807) is 36.4 Å². The number of hydrogen-bond acceptors (Lipinski definition) is 5. The van der Waals surface area contributed by atoms with E-state index in [2.05, 4.69) is 12.2 Å². The monoisotopic (exact) mass is 412 g/mol. The van der Waals surface area contributed by atoms with Crippen LogP contribution in [-0.2, 0) is 14.3 Å². The highest BCUT2D eigenvalue weighted by molar-refractivity contribution is 5.95. The summed E-state index contributed by atoms with van der Waals surface area (Å²) in [4.78, 5) is 37.6. The number of carbonyl (C=O) groups is 3. The number of ether oxygens (including phenoxy) is 2. The molecule has 0 spiro atoms. The standard InChI is InChI=1S/C23H28N2O5/c1-4-5-14-29-20-12-8-18(9-13-20)23(28)30-16-22(27)25(3)15-21(26)24-19-10-6-17(2)7-11-19/h6-13H,4-5,14-16H2,1-3H3,(H,24,26). The van der Waals surface area contributed by atoms with Crippen LogP contribution < -0.4 is 10.1 Å². The van der Waals surface area contributed by atoms with Gasteiger partial charge in [-0.25, -0.2) is 4.79 Å². The Morgan fingerprint density at radius 3 is 2.30 bits per heavy atom. The molecule has 2 rings (SSSR count). The minimum absolute atomic E-state index is 0.145. The fraction of sp³-hybridized carbons (Fsp3) is 0.348. The van der Waals surface area contributed by atoms with Crippen LogP contribution in [0.3, 0.4) is 0 Å². The Balaban J connectivity index is 1.76. The van der Waals surface area contributed by atoms with Gasteiger partial charge in [0, 0.05) is 12.7 Å². The Morgan fingerprint density at radius 1 is 1.00 bits per heavy atom. The number of likely N-dealkylation sites (N-methyl/N-ethyl adjacent to an activating group) is 1. The van der Waals surface area contributed by atoms with Gasteiger partial charge in [-0.3, -0.25) is 9.59 Å². The third-order valence-corrected chi connectivity index (χ3v) is 4.33. The van der Waals surface area contributed by atoms with Crippen molar-refractivity contribution < 1.29 is 23.9 Å². The third-order valence-electron chi connectivity index (χ3n) is 4.33. The molecule has 0 saturated carbocycles. The van der Waals surface area contributed by atoms with E-state index in [4.69, 9.17) is 9.47 Å². The zero-order chi connectivity index (χ0) is 21.9. The van der Waals surface area contributed by atoms with Gasteiger partial charge in [0.2, 0.25) is 5.91 Å². The van der Waals surface area contributed by atoms with Gasteiger partial charge < -0.3 is 19.7 Å². The van der Waals surface area contributed by atoms with Crippen molar-refractivity contribution in [3.05, 3.63) is 59.7 Å². The molecule has 0 atom stereocenters. The molecule has 2 amide bonds. The van der Waals surface area contributed by atoms with Gasteiger partial charge in [-0.15, -0.1) is 0 Å². The summed E-state index contributed by atoms with van der Waals surface area (Å²) in [5.41, 5.74) is 2.06. The summed E-state index contributed by atoms with van der Waals surface area (Å²) in [7, 11) is 1.48. The molecule has 7 heteroatoms. The van der Waals surface area contributed by atoms with Crippen molar-refractivity contribution >= 4 is 23.5 Å². The summed E-state index contributed by atoms with van der Waals surface area (Å²) in [5, 5.41) is 2.72. The molecule has 0 fully saturated rings. The number of nitrogens with one attached hydrogen (secondary N) is 1. The van der Waals surface area contributed by atoms with Crippen LogP contribution in [0.2, 0.25) is 0 Å². The van der Waals surface area contributed by atoms with E-state index in [9.17, 15) is 14.4 Å². The molecule has 0 saturated heterocycles. The Hall–Kier alpha value is -3.35. The average Bonchev–Trinajstić information content (AvgIpc) is 2.74. The second kappa shape index (κ2) is 11.6. The minimum Gasteiger partial charge on any atom is -0.494 e. The highest BCUT2D eigenvalue weighted by Gasteiger charge is 2.16. The molecule has 7 nitrogen and oxygen atoms in total. The first-order chi connectivity index (χ1) is 14.4. The van der Waals surface area contributed by atoms with Crippen LogP contribution in [0.4, 0.5) is 5.69 Å². The van der Waals surface area contributed by atoms with Gasteiger partial charge in [0.1, 0.15) is 5.75 Å². The number of rotatable bonds is 10. The molecular weight excluding hydrogens is 384 g/mol. The lowest BCUT2D eigenvalue weighted by molar-refractivity contribution is -0.136. The lowest BCUT2D eigenvalue weighted by Gasteiger charge is -2.17. The van der Waals surface area contributed by atoms with Gasteiger partial charge in [0.15, 0.2) is 6.61 Å². The highest BCUT2D eigenvalue weighted by atomic mass is 16.5. The molecule has 1 N–H and O–H groups in total. The maximum atomic E-state index is 12.2. The minimum atomic E-state index is -0.610. The van der Waals surface area contributed by atoms with Crippen molar-refractivity contribution in [1.82, 2.24) is 4.90 Å². The van der Waals surface area contributed by atoms with Crippen molar-refractivity contribution in [2.75, 3.05) is 32.1 Å². The van der Waals surface area contributed by atoms with Crippen molar-refractivity contribution in [2.45, 2.75) is 26.7 Å². The third kappa shape index (κ3) is 7.58. The molecule has 0 bridgehead atoms. The zero-order valence-corrected chi connectivity index (χ0v) is 17.6. The van der Waals surface area contributed by atoms with E-state index in [1.807, 2.05) is 19.1 Å². The van der Waals surface area contributed by atoms with Crippen LogP contribution in [-0.4, -0.2) is 49.5 Å². The molecule has 0 aliphatic rings. The quantitative estimate of drug-likeness (QED) is 0.477. The maximum Gasteiger partial charge on any atom is 0.338 e. The van der Waals surface area contributed by atoms with E-state index in [0.29, 0.717) is 23.6 Å². The number of benzene rings is 2. The fourth-order valence-electron chi connectivity index (χ4n) is 2.48. The first-order valence-corrected chi connectivity index (χ1v) is 9.89. The van der Waals surface area contributed by atoms with Crippen LogP contribution >= 0.6 is 0 Å². The summed E-state index contributed by atoms with van der Waals surface area (Å²) >= 11 is 0. The Labute approximate surface area is 177 Å². The molecular formula is C23H28N2O5. The topological polar surface area (TPSA) is 84.9 Å². The van der Waals surface area contributed by atoms with E-state index in [-0.39, 0.29) is 12.5 Å². The van der Waals surface area contributed by atoms with E-state index in [0.717, 1.165) is 18.4 Å². The number of aryl methyl sites for hydroxylation is 1. The largest absolute Gasteiger partial charge is 0.494 e. The molecule has 0 radical (unpaired) electrons. The van der Waals surface area contributed by atoms with Crippen molar-refractivity contribution in [3.8, 4) is 5.75 Å². The smallest absolute Gasteiger partial charge is 0.338 e. The molecule has 0 heterocycles. The number of nitrogens with zero attached hydrogens (tertiary/aromatic N) is 1. The SMILES string of the molecule is CCCCOc1ccc(C(=O)OCC(=O)N(C)CC(=O)Nc2ccc(C)cc2)cc1. The van der Waals surface area contributed by atoms with Crippen LogP contribution in [0, 0.1) is 6.92 Å². The second-order valence-corrected chi connectivity index (χ2v) is 6.97. The van der Waals surface area contributed by atoms with Crippen molar-refractivity contribution in [1.29, 1.82) is 0 Å². The van der Waals surface area contributed by atoms with Crippen molar-refractivity contribution in [2.24, 2.45) is 0 Å². The lowest BCUT2D eigenvalue weighted by Crippen LogP contribution is -2.37. The highest BCUT2D eigenvalue weighted by Crippen LogP contribution is 2.13. The number of anilines is 1. The van der Waals surface area contributed by atoms with Crippen LogP contribution in [0.1, 0.15) is 35.7 Å². The molecule has 2 aromatic carbocycles. The number of esters is 1. The summed E-state index contributed by atoms with van der Waals surface area (Å²) < 4.78 is 10.6. The normalized spacial score (nSPS) is 10.2. The second-order valence-electron chi connectivity index (χ2n) is 6.97. The molecule has 30 heavy (non-hydrogen) atoms. The van der Waals surface area contributed by atoms with Crippen LogP contribution in [0.25, 0.3) is 0 Å². The zero-order valence-electron chi connectivity index (χ0n) is 17.6. The number of unbranched alkanes of at least 4 members (excludes halogenated alkanes) is 1. The predicted molar refractivity (Wildman–Crippen MR) is 115 cm³/mol. The molecule has 0 aromatic heterocycles. The number of carbonyl (C=O) groups excluding carboxylic acids is 3. The maximum absolute atomic E-state index is 12.2. The van der Waals surface area contributed by atoms with Gasteiger partial charge in [0.25, 0.3) is 5.91 Å². The van der Waals surface area contributed by atoms with Crippen LogP contribution in [0.5, 0.6) is 5.75 Å². The predicted octanol–water partition coefficient (Wildman–Crippen LogP) is 3.43. The van der Waals surface area contributed by atoms with Gasteiger partial charge in [0.05, 0.1) is 18.7 Å². The van der Waals surface area contributed by atoms with E-state index in [1.165, 1.54) is 11.9 Å². The van der Waals surface area contributed by atoms with Gasteiger partial charge in [-0.2, -0.15) is 0 Å². The molecule has 0 unspecified atom stereocenters. The Bertz CT molecular complexity index is 847. The summed E-state index contributed by atoms with van der Waals surface area (Å²) in [5.74, 6) is -0.738.